The van der Waals surface area contributed by atoms with Gasteiger partial charge < -0.3 is 4.74 Å². The summed E-state index contributed by atoms with van der Waals surface area (Å²) in [6, 6.07) is 7.58. The quantitative estimate of drug-likeness (QED) is 0.768. The van der Waals surface area contributed by atoms with Gasteiger partial charge in [-0.15, -0.1) is 0 Å². The predicted octanol–water partition coefficient (Wildman–Crippen LogP) is 3.63. The van der Waals surface area contributed by atoms with E-state index in [1.165, 1.54) is 6.07 Å². The van der Waals surface area contributed by atoms with Gasteiger partial charge >= 0.3 is 6.18 Å². The predicted molar refractivity (Wildman–Crippen MR) is 55.4 cm³/mol. The molecule has 1 radical (unpaired) electrons. The Labute approximate surface area is 93.2 Å². The lowest BCUT2D eigenvalue weighted by Gasteiger charge is -2.10. The number of rotatable bonds is 4. The third-order valence-corrected chi connectivity index (χ3v) is 1.87. The van der Waals surface area contributed by atoms with Gasteiger partial charge in [-0.2, -0.15) is 13.2 Å². The number of hydrogen-bond acceptors (Lipinski definition) is 1. The Morgan fingerprint density at radius 3 is 2.56 bits per heavy atom. The van der Waals surface area contributed by atoms with Crippen LogP contribution in [-0.2, 0) is 6.42 Å². The van der Waals surface area contributed by atoms with Gasteiger partial charge in [-0.05, 0) is 36.1 Å². The van der Waals surface area contributed by atoms with Crippen molar-refractivity contribution in [2.24, 2.45) is 5.92 Å². The number of alkyl halides is 3. The second-order valence-electron chi connectivity index (χ2n) is 4.08. The normalized spacial score (nSPS) is 11.9. The Morgan fingerprint density at radius 1 is 1.31 bits per heavy atom. The van der Waals surface area contributed by atoms with Crippen LogP contribution < -0.4 is 4.74 Å². The van der Waals surface area contributed by atoms with E-state index in [9.17, 15) is 13.2 Å². The number of hydrogen-bond donors (Lipinski definition) is 0. The van der Waals surface area contributed by atoms with Crippen molar-refractivity contribution < 1.29 is 17.9 Å². The van der Waals surface area contributed by atoms with E-state index in [2.05, 4.69) is 10.8 Å². The molecule has 89 valence electrons. The Bertz CT molecular complexity index is 331. The van der Waals surface area contributed by atoms with Gasteiger partial charge in [0.15, 0.2) is 6.61 Å². The molecular formula is C12H14F3O. The van der Waals surface area contributed by atoms with Gasteiger partial charge in [0.05, 0.1) is 0 Å². The number of ether oxygens (including phenoxy) is 1. The van der Waals surface area contributed by atoms with E-state index in [4.69, 9.17) is 0 Å². The van der Waals surface area contributed by atoms with Crippen molar-refractivity contribution in [3.05, 3.63) is 29.8 Å². The van der Waals surface area contributed by atoms with Gasteiger partial charge in [0.25, 0.3) is 0 Å². The topological polar surface area (TPSA) is 9.23 Å². The molecule has 1 nitrogen and oxygen atoms in total. The first-order chi connectivity index (χ1) is 7.37. The zero-order valence-electron chi connectivity index (χ0n) is 9.27. The standard InChI is InChI=1S/C12H14F3O/c1-9(2)6-10-4-3-5-11(7-10)16-8-12(13,14)15/h4-5,7,9H,6,8H2,1-2H3. The molecule has 0 aliphatic rings. The van der Waals surface area contributed by atoms with Crippen molar-refractivity contribution in [1.29, 1.82) is 0 Å². The molecule has 4 heteroatoms. The highest BCUT2D eigenvalue weighted by atomic mass is 19.4. The summed E-state index contributed by atoms with van der Waals surface area (Å²) in [7, 11) is 0. The van der Waals surface area contributed by atoms with E-state index < -0.39 is 12.8 Å². The summed E-state index contributed by atoms with van der Waals surface area (Å²) in [4.78, 5) is 0. The highest BCUT2D eigenvalue weighted by molar-refractivity contribution is 5.28. The fraction of sp³-hybridized carbons (Fsp3) is 0.500. The maximum atomic E-state index is 11.9. The van der Waals surface area contributed by atoms with Crippen molar-refractivity contribution in [3.8, 4) is 5.75 Å². The fourth-order valence-electron chi connectivity index (χ4n) is 1.33. The smallest absolute Gasteiger partial charge is 0.422 e. The molecule has 0 atom stereocenters. The maximum Gasteiger partial charge on any atom is 0.422 e. The van der Waals surface area contributed by atoms with Crippen LogP contribution in [0.25, 0.3) is 0 Å². The fourth-order valence-corrected chi connectivity index (χ4v) is 1.33. The van der Waals surface area contributed by atoms with Crippen LogP contribution in [0.2, 0.25) is 0 Å². The Kier molecular flexibility index (Phi) is 4.21. The van der Waals surface area contributed by atoms with Crippen LogP contribution in [0.4, 0.5) is 13.2 Å². The molecule has 0 unspecified atom stereocenters. The lowest BCUT2D eigenvalue weighted by atomic mass is 10.0. The van der Waals surface area contributed by atoms with E-state index in [1.54, 1.807) is 12.1 Å². The van der Waals surface area contributed by atoms with Crippen LogP contribution in [0.5, 0.6) is 5.75 Å². The van der Waals surface area contributed by atoms with Crippen LogP contribution in [0.3, 0.4) is 0 Å². The lowest BCUT2D eigenvalue weighted by molar-refractivity contribution is -0.153. The molecule has 0 aliphatic carbocycles. The molecule has 16 heavy (non-hydrogen) atoms. The molecule has 0 spiro atoms. The lowest BCUT2D eigenvalue weighted by Crippen LogP contribution is -2.19. The molecule has 0 aliphatic heterocycles. The average Bonchev–Trinajstić information content (AvgIpc) is 2.13. The molecule has 0 fully saturated rings. The summed E-state index contributed by atoms with van der Waals surface area (Å²) in [6.45, 7) is 2.83. The number of benzene rings is 1. The minimum Gasteiger partial charge on any atom is -0.484 e. The monoisotopic (exact) mass is 231 g/mol. The summed E-state index contributed by atoms with van der Waals surface area (Å²) in [6.07, 6.45) is -3.49. The molecule has 0 saturated heterocycles. The third kappa shape index (κ3) is 5.05. The Hall–Kier alpha value is -1.19. The van der Waals surface area contributed by atoms with Gasteiger partial charge in [0.2, 0.25) is 0 Å². The summed E-state index contributed by atoms with van der Waals surface area (Å²) in [5.74, 6) is 0.668. The highest BCUT2D eigenvalue weighted by Gasteiger charge is 2.28. The van der Waals surface area contributed by atoms with E-state index in [1.807, 2.05) is 13.8 Å². The molecule has 1 rings (SSSR count). The van der Waals surface area contributed by atoms with E-state index in [0.29, 0.717) is 5.92 Å². The molecule has 1 aromatic rings. The minimum absolute atomic E-state index is 0.218. The molecule has 0 N–H and O–H groups in total. The molecule has 0 amide bonds. The van der Waals surface area contributed by atoms with E-state index >= 15 is 0 Å². The third-order valence-electron chi connectivity index (χ3n) is 1.87. The van der Waals surface area contributed by atoms with Gasteiger partial charge in [-0.3, -0.25) is 0 Å². The van der Waals surface area contributed by atoms with Crippen molar-refractivity contribution in [1.82, 2.24) is 0 Å². The van der Waals surface area contributed by atoms with E-state index in [0.717, 1.165) is 12.0 Å². The van der Waals surface area contributed by atoms with Crippen LogP contribution in [-0.4, -0.2) is 12.8 Å². The minimum atomic E-state index is -4.30. The van der Waals surface area contributed by atoms with Crippen LogP contribution in [0.1, 0.15) is 19.4 Å². The van der Waals surface area contributed by atoms with Gasteiger partial charge in [-0.1, -0.05) is 19.9 Å². The van der Waals surface area contributed by atoms with Crippen molar-refractivity contribution in [2.45, 2.75) is 26.4 Å². The van der Waals surface area contributed by atoms with Crippen molar-refractivity contribution >= 4 is 0 Å². The van der Waals surface area contributed by atoms with Gasteiger partial charge in [0.1, 0.15) is 5.75 Å². The molecule has 0 heterocycles. The summed E-state index contributed by atoms with van der Waals surface area (Å²) in [5.41, 5.74) is 0.940. The zero-order chi connectivity index (χ0) is 12.2. The molecule has 1 aromatic carbocycles. The van der Waals surface area contributed by atoms with Gasteiger partial charge in [0, 0.05) is 0 Å². The average molecular weight is 231 g/mol. The Balaban J connectivity index is 2.60. The first kappa shape index (κ1) is 12.9. The second kappa shape index (κ2) is 5.23. The van der Waals surface area contributed by atoms with Crippen molar-refractivity contribution in [3.63, 3.8) is 0 Å². The molecule has 0 aromatic heterocycles. The van der Waals surface area contributed by atoms with Crippen LogP contribution in [0, 0.1) is 12.0 Å². The summed E-state index contributed by atoms with van der Waals surface area (Å²) >= 11 is 0. The molecular weight excluding hydrogens is 217 g/mol. The van der Waals surface area contributed by atoms with E-state index in [-0.39, 0.29) is 5.75 Å². The van der Waals surface area contributed by atoms with Gasteiger partial charge in [-0.25, -0.2) is 0 Å². The molecule has 0 saturated carbocycles. The second-order valence-corrected chi connectivity index (χ2v) is 4.08. The summed E-state index contributed by atoms with van der Waals surface area (Å²) < 4.78 is 40.4. The summed E-state index contributed by atoms with van der Waals surface area (Å²) in [5, 5.41) is 0. The number of halogens is 3. The van der Waals surface area contributed by atoms with Crippen molar-refractivity contribution in [2.75, 3.05) is 6.61 Å². The largest absolute Gasteiger partial charge is 0.484 e. The Morgan fingerprint density at radius 2 is 2.00 bits per heavy atom. The van der Waals surface area contributed by atoms with Crippen LogP contribution >= 0.6 is 0 Å². The highest BCUT2D eigenvalue weighted by Crippen LogP contribution is 2.20. The maximum absolute atomic E-state index is 11.9. The molecule has 0 bridgehead atoms. The van der Waals surface area contributed by atoms with Crippen LogP contribution in [0.15, 0.2) is 18.2 Å². The first-order valence-corrected chi connectivity index (χ1v) is 5.06. The zero-order valence-corrected chi connectivity index (χ0v) is 9.27. The first-order valence-electron chi connectivity index (χ1n) is 5.06. The SMILES string of the molecule is CC(C)Cc1c[c]cc(OCC(F)(F)F)c1.